The van der Waals surface area contributed by atoms with Crippen molar-refractivity contribution in [1.82, 2.24) is 10.2 Å². The van der Waals surface area contributed by atoms with Crippen LogP contribution in [0.4, 0.5) is 4.39 Å². The van der Waals surface area contributed by atoms with Crippen molar-refractivity contribution in [3.63, 3.8) is 0 Å². The van der Waals surface area contributed by atoms with E-state index in [0.29, 0.717) is 6.54 Å². The normalized spacial score (nSPS) is 15.7. The highest BCUT2D eigenvalue weighted by molar-refractivity contribution is 5.23. The van der Waals surface area contributed by atoms with Crippen molar-refractivity contribution in [1.29, 1.82) is 0 Å². The predicted octanol–water partition coefficient (Wildman–Crippen LogP) is 2.95. The van der Waals surface area contributed by atoms with Gasteiger partial charge in [-0.3, -0.25) is 4.90 Å². The lowest BCUT2D eigenvalue weighted by molar-refractivity contribution is 0.0342. The molecule has 0 amide bonds. The topological polar surface area (TPSA) is 24.5 Å². The summed E-state index contributed by atoms with van der Waals surface area (Å²) in [6.45, 7) is 6.14. The Morgan fingerprint density at radius 3 is 2.35 bits per heavy atom. The van der Waals surface area contributed by atoms with Gasteiger partial charge in [-0.1, -0.05) is 36.4 Å². The van der Waals surface area contributed by atoms with Crippen molar-refractivity contribution in [3.8, 4) is 0 Å². The average Bonchev–Trinajstić information content (AvgIpc) is 2.58. The zero-order valence-corrected chi connectivity index (χ0v) is 13.3. The second-order valence-electron chi connectivity index (χ2n) is 5.94. The summed E-state index contributed by atoms with van der Waals surface area (Å²) in [4.78, 5) is 2.42. The second-order valence-corrected chi connectivity index (χ2v) is 5.94. The van der Waals surface area contributed by atoms with Gasteiger partial charge in [-0.15, -0.1) is 0 Å². The van der Waals surface area contributed by atoms with Crippen molar-refractivity contribution in [3.05, 3.63) is 71.0 Å². The number of hydrogen-bond acceptors (Lipinski definition) is 3. The van der Waals surface area contributed by atoms with Crippen molar-refractivity contribution in [2.75, 3.05) is 26.3 Å². The van der Waals surface area contributed by atoms with E-state index < -0.39 is 0 Å². The summed E-state index contributed by atoms with van der Waals surface area (Å²) < 4.78 is 18.5. The van der Waals surface area contributed by atoms with Gasteiger partial charge in [0.2, 0.25) is 0 Å². The van der Waals surface area contributed by atoms with Gasteiger partial charge in [0.15, 0.2) is 0 Å². The maximum absolute atomic E-state index is 13.1. The van der Waals surface area contributed by atoms with Gasteiger partial charge < -0.3 is 10.1 Å². The number of rotatable bonds is 6. The van der Waals surface area contributed by atoms with Gasteiger partial charge in [0.25, 0.3) is 0 Å². The molecule has 1 saturated heterocycles. The second kappa shape index (κ2) is 8.20. The Kier molecular flexibility index (Phi) is 5.75. The minimum atomic E-state index is -0.184. The Morgan fingerprint density at radius 1 is 0.913 bits per heavy atom. The summed E-state index contributed by atoms with van der Waals surface area (Å²) in [6, 6.07) is 15.4. The van der Waals surface area contributed by atoms with E-state index in [0.717, 1.165) is 45.0 Å². The molecule has 0 aliphatic carbocycles. The molecule has 1 aliphatic rings. The molecule has 122 valence electrons. The lowest BCUT2D eigenvalue weighted by atomic mass is 10.1. The first-order valence-electron chi connectivity index (χ1n) is 8.13. The van der Waals surface area contributed by atoms with Crippen LogP contribution in [0.25, 0.3) is 0 Å². The third-order valence-electron chi connectivity index (χ3n) is 4.08. The van der Waals surface area contributed by atoms with Crippen LogP contribution in [-0.4, -0.2) is 31.2 Å². The molecule has 3 rings (SSSR count). The van der Waals surface area contributed by atoms with Gasteiger partial charge in [-0.25, -0.2) is 4.39 Å². The average molecular weight is 314 g/mol. The summed E-state index contributed by atoms with van der Waals surface area (Å²) in [5.74, 6) is -0.184. The summed E-state index contributed by atoms with van der Waals surface area (Å²) in [5, 5.41) is 3.35. The molecule has 1 fully saturated rings. The van der Waals surface area contributed by atoms with E-state index in [2.05, 4.69) is 34.5 Å². The van der Waals surface area contributed by atoms with E-state index in [1.807, 2.05) is 6.07 Å². The molecule has 0 saturated carbocycles. The highest BCUT2D eigenvalue weighted by atomic mass is 19.1. The highest BCUT2D eigenvalue weighted by Gasteiger charge is 2.10. The number of benzene rings is 2. The van der Waals surface area contributed by atoms with Crippen LogP contribution in [0.3, 0.4) is 0 Å². The van der Waals surface area contributed by atoms with E-state index in [1.54, 1.807) is 12.1 Å². The molecule has 0 radical (unpaired) electrons. The molecule has 0 unspecified atom stereocenters. The lowest BCUT2D eigenvalue weighted by Gasteiger charge is -2.26. The Bertz CT molecular complexity index is 609. The van der Waals surface area contributed by atoms with Gasteiger partial charge in [-0.2, -0.15) is 0 Å². The fourth-order valence-corrected chi connectivity index (χ4v) is 2.78. The highest BCUT2D eigenvalue weighted by Crippen LogP contribution is 2.10. The van der Waals surface area contributed by atoms with Crippen LogP contribution >= 0.6 is 0 Å². The van der Waals surface area contributed by atoms with Gasteiger partial charge in [-0.05, 0) is 28.8 Å². The molecule has 1 heterocycles. The Balaban J connectivity index is 1.45. The van der Waals surface area contributed by atoms with Gasteiger partial charge in [0.1, 0.15) is 5.82 Å². The third kappa shape index (κ3) is 5.13. The molecule has 1 aliphatic heterocycles. The van der Waals surface area contributed by atoms with Crippen LogP contribution < -0.4 is 5.32 Å². The Morgan fingerprint density at radius 2 is 1.61 bits per heavy atom. The summed E-state index contributed by atoms with van der Waals surface area (Å²) in [6.07, 6.45) is 0. The fourth-order valence-electron chi connectivity index (χ4n) is 2.78. The molecular weight excluding hydrogens is 291 g/mol. The quantitative estimate of drug-likeness (QED) is 0.887. The molecule has 4 heteroatoms. The number of nitrogens with zero attached hydrogens (tertiary/aromatic N) is 1. The van der Waals surface area contributed by atoms with E-state index in [1.165, 1.54) is 17.2 Å². The van der Waals surface area contributed by atoms with Crippen LogP contribution in [0.1, 0.15) is 16.7 Å². The molecule has 1 N–H and O–H groups in total. The predicted molar refractivity (Wildman–Crippen MR) is 89.5 cm³/mol. The fraction of sp³-hybridized carbons (Fsp3) is 0.368. The summed E-state index contributed by atoms with van der Waals surface area (Å²) in [5.41, 5.74) is 3.54. The van der Waals surface area contributed by atoms with Crippen molar-refractivity contribution in [2.24, 2.45) is 0 Å². The zero-order valence-electron chi connectivity index (χ0n) is 13.3. The van der Waals surface area contributed by atoms with E-state index in [9.17, 15) is 4.39 Å². The van der Waals surface area contributed by atoms with Crippen LogP contribution in [0.2, 0.25) is 0 Å². The first kappa shape index (κ1) is 16.1. The smallest absolute Gasteiger partial charge is 0.123 e. The molecular formula is C19H23FN2O. The van der Waals surface area contributed by atoms with E-state index in [-0.39, 0.29) is 5.82 Å². The van der Waals surface area contributed by atoms with Gasteiger partial charge in [0.05, 0.1) is 13.2 Å². The van der Waals surface area contributed by atoms with Crippen molar-refractivity contribution >= 4 is 0 Å². The molecule has 23 heavy (non-hydrogen) atoms. The standard InChI is InChI=1S/C19H23FN2O/c20-19-3-1-2-18(12-19)14-21-13-16-4-6-17(7-5-16)15-22-8-10-23-11-9-22/h1-7,12,21H,8-11,13-15H2. The Hall–Kier alpha value is -1.75. The minimum Gasteiger partial charge on any atom is -0.379 e. The molecule has 0 spiro atoms. The van der Waals surface area contributed by atoms with Crippen molar-refractivity contribution in [2.45, 2.75) is 19.6 Å². The largest absolute Gasteiger partial charge is 0.379 e. The molecule has 0 bridgehead atoms. The van der Waals surface area contributed by atoms with Crippen molar-refractivity contribution < 1.29 is 9.13 Å². The van der Waals surface area contributed by atoms with Crippen LogP contribution in [0.15, 0.2) is 48.5 Å². The molecule has 0 atom stereocenters. The maximum Gasteiger partial charge on any atom is 0.123 e. The maximum atomic E-state index is 13.1. The molecule has 2 aromatic rings. The van der Waals surface area contributed by atoms with Crippen LogP contribution in [0.5, 0.6) is 0 Å². The number of hydrogen-bond donors (Lipinski definition) is 1. The summed E-state index contributed by atoms with van der Waals surface area (Å²) >= 11 is 0. The van der Waals surface area contributed by atoms with Crippen LogP contribution in [-0.2, 0) is 24.4 Å². The van der Waals surface area contributed by atoms with E-state index in [4.69, 9.17) is 4.74 Å². The number of nitrogens with one attached hydrogen (secondary N) is 1. The van der Waals surface area contributed by atoms with E-state index >= 15 is 0 Å². The molecule has 0 aromatic heterocycles. The minimum absolute atomic E-state index is 0.184. The summed E-state index contributed by atoms with van der Waals surface area (Å²) in [7, 11) is 0. The molecule has 3 nitrogen and oxygen atoms in total. The van der Waals surface area contributed by atoms with Crippen LogP contribution in [0, 0.1) is 5.82 Å². The van der Waals surface area contributed by atoms with Gasteiger partial charge in [0, 0.05) is 32.7 Å². The molecule has 2 aromatic carbocycles. The first-order valence-corrected chi connectivity index (χ1v) is 8.13. The monoisotopic (exact) mass is 314 g/mol. The first-order chi connectivity index (χ1) is 11.3. The Labute approximate surface area is 137 Å². The third-order valence-corrected chi connectivity index (χ3v) is 4.08. The SMILES string of the molecule is Fc1cccc(CNCc2ccc(CN3CCOCC3)cc2)c1. The number of morpholine rings is 1. The zero-order chi connectivity index (χ0) is 15.9. The number of halogens is 1. The lowest BCUT2D eigenvalue weighted by Crippen LogP contribution is -2.35. The number of ether oxygens (including phenoxy) is 1. The van der Waals surface area contributed by atoms with Gasteiger partial charge >= 0.3 is 0 Å².